The third kappa shape index (κ3) is 3.80. The van der Waals surface area contributed by atoms with Gasteiger partial charge in [0.2, 0.25) is 5.78 Å². The van der Waals surface area contributed by atoms with Crippen LogP contribution in [0.25, 0.3) is 0 Å². The topological polar surface area (TPSA) is 53.4 Å². The fourth-order valence-corrected chi connectivity index (χ4v) is 2.19. The van der Waals surface area contributed by atoms with Crippen LogP contribution in [-0.4, -0.2) is 41.5 Å². The van der Waals surface area contributed by atoms with Crippen molar-refractivity contribution >= 4 is 23.1 Å². The molecule has 1 unspecified atom stereocenters. The van der Waals surface area contributed by atoms with Crippen LogP contribution in [0.15, 0.2) is 48.7 Å². The van der Waals surface area contributed by atoms with Crippen LogP contribution in [-0.2, 0) is 0 Å². The zero-order chi connectivity index (χ0) is 15.2. The first kappa shape index (κ1) is 15.5. The molecule has 2 aromatic rings. The molecule has 0 radical (unpaired) electrons. The van der Waals surface area contributed by atoms with Crippen molar-refractivity contribution in [1.29, 1.82) is 0 Å². The normalized spacial score (nSPS) is 12.0. The maximum atomic E-state index is 12.5. The van der Waals surface area contributed by atoms with E-state index in [-0.39, 0.29) is 11.7 Å². The van der Waals surface area contributed by atoms with Gasteiger partial charge in [0.05, 0.1) is 12.0 Å². The zero-order valence-corrected chi connectivity index (χ0v) is 12.5. The number of ketones is 1. The molecule has 1 aromatic heterocycles. The lowest BCUT2D eigenvalue weighted by molar-refractivity contribution is 0.103. The summed E-state index contributed by atoms with van der Waals surface area (Å²) < 4.78 is 0. The average Bonchev–Trinajstić information content (AvgIpc) is 2.54. The highest BCUT2D eigenvalue weighted by Gasteiger charge is 2.17. The molecule has 2 rings (SSSR count). The molecule has 0 aliphatic rings. The number of aliphatic hydroxyl groups excluding tert-OH is 1. The predicted molar refractivity (Wildman–Crippen MR) is 84.1 cm³/mol. The molecule has 0 aliphatic carbocycles. The van der Waals surface area contributed by atoms with Crippen molar-refractivity contribution < 1.29 is 9.90 Å². The van der Waals surface area contributed by atoms with E-state index in [0.29, 0.717) is 17.8 Å². The minimum Gasteiger partial charge on any atom is -0.390 e. The number of likely N-dealkylation sites (N-methyl/N-ethyl adjacent to an activating group) is 1. The summed E-state index contributed by atoms with van der Waals surface area (Å²) in [4.78, 5) is 18.5. The molecule has 0 fully saturated rings. The minimum atomic E-state index is -0.644. The Balaban J connectivity index is 2.31. The summed E-state index contributed by atoms with van der Waals surface area (Å²) in [7, 11) is 1.82. The number of halogens is 1. The Morgan fingerprint density at radius 1 is 1.29 bits per heavy atom. The first-order chi connectivity index (χ1) is 10.1. The van der Waals surface area contributed by atoms with Gasteiger partial charge in [-0.25, -0.2) is 0 Å². The van der Waals surface area contributed by atoms with E-state index < -0.39 is 6.10 Å². The number of alkyl halides is 1. The van der Waals surface area contributed by atoms with Gasteiger partial charge >= 0.3 is 0 Å². The van der Waals surface area contributed by atoms with Crippen molar-refractivity contribution in [3.63, 3.8) is 0 Å². The van der Waals surface area contributed by atoms with Crippen LogP contribution in [0.4, 0.5) is 5.69 Å². The van der Waals surface area contributed by atoms with Crippen LogP contribution >= 0.6 is 11.6 Å². The van der Waals surface area contributed by atoms with Crippen molar-refractivity contribution in [3.05, 3.63) is 59.9 Å². The van der Waals surface area contributed by atoms with Crippen molar-refractivity contribution in [2.75, 3.05) is 24.4 Å². The number of carbonyl (C=O) groups is 1. The SMILES string of the molecule is CN(CC(O)CCl)c1ccccc1C(=O)c1ccccn1. The summed E-state index contributed by atoms with van der Waals surface area (Å²) in [6.07, 6.45) is 0.950. The molecular formula is C16H17ClN2O2. The van der Waals surface area contributed by atoms with Gasteiger partial charge in [-0.3, -0.25) is 9.78 Å². The number of hydrogen-bond donors (Lipinski definition) is 1. The number of aliphatic hydroxyl groups is 1. The van der Waals surface area contributed by atoms with E-state index in [1.165, 1.54) is 0 Å². The summed E-state index contributed by atoms with van der Waals surface area (Å²) >= 11 is 5.63. The largest absolute Gasteiger partial charge is 0.390 e. The van der Waals surface area contributed by atoms with Gasteiger partial charge in [0.1, 0.15) is 5.69 Å². The second-order valence-corrected chi connectivity index (χ2v) is 5.06. The summed E-state index contributed by atoms with van der Waals surface area (Å²) in [5, 5.41) is 9.67. The maximum absolute atomic E-state index is 12.5. The summed E-state index contributed by atoms with van der Waals surface area (Å²) in [6.45, 7) is 0.357. The van der Waals surface area contributed by atoms with E-state index in [9.17, 15) is 9.90 Å². The molecule has 4 nitrogen and oxygen atoms in total. The summed E-state index contributed by atoms with van der Waals surface area (Å²) in [5.74, 6) is 0.0131. The highest BCUT2D eigenvalue weighted by Crippen LogP contribution is 2.22. The number of benzene rings is 1. The molecule has 1 atom stereocenters. The third-order valence-electron chi connectivity index (χ3n) is 3.12. The lowest BCUT2D eigenvalue weighted by atomic mass is 10.0. The van der Waals surface area contributed by atoms with Crippen molar-refractivity contribution in [2.24, 2.45) is 0 Å². The molecule has 110 valence electrons. The highest BCUT2D eigenvalue weighted by atomic mass is 35.5. The lowest BCUT2D eigenvalue weighted by Gasteiger charge is -2.23. The highest BCUT2D eigenvalue weighted by molar-refractivity contribution is 6.18. The van der Waals surface area contributed by atoms with Gasteiger partial charge in [-0.1, -0.05) is 18.2 Å². The molecule has 0 bridgehead atoms. The average molecular weight is 305 g/mol. The van der Waals surface area contributed by atoms with Gasteiger partial charge in [-0.05, 0) is 24.3 Å². The predicted octanol–water partition coefficient (Wildman–Crippen LogP) is 2.35. The van der Waals surface area contributed by atoms with Crippen LogP contribution < -0.4 is 4.90 Å². The number of anilines is 1. The maximum Gasteiger partial charge on any atom is 0.213 e. The quantitative estimate of drug-likeness (QED) is 0.657. The van der Waals surface area contributed by atoms with Gasteiger partial charge in [0, 0.05) is 31.0 Å². The molecule has 21 heavy (non-hydrogen) atoms. The molecule has 0 saturated heterocycles. The number of hydrogen-bond acceptors (Lipinski definition) is 4. The van der Waals surface area contributed by atoms with E-state index >= 15 is 0 Å². The van der Waals surface area contributed by atoms with Crippen LogP contribution in [0.2, 0.25) is 0 Å². The van der Waals surface area contributed by atoms with Gasteiger partial charge in [-0.2, -0.15) is 0 Å². The molecule has 0 amide bonds. The van der Waals surface area contributed by atoms with Crippen LogP contribution in [0, 0.1) is 0 Å². The lowest BCUT2D eigenvalue weighted by Crippen LogP contribution is -2.31. The Morgan fingerprint density at radius 3 is 2.67 bits per heavy atom. The van der Waals surface area contributed by atoms with Crippen LogP contribution in [0.3, 0.4) is 0 Å². The van der Waals surface area contributed by atoms with Crippen molar-refractivity contribution in [2.45, 2.75) is 6.10 Å². The molecule has 5 heteroatoms. The monoisotopic (exact) mass is 304 g/mol. The standard InChI is InChI=1S/C16H17ClN2O2/c1-19(11-12(20)10-17)15-8-3-2-6-13(15)16(21)14-7-4-5-9-18-14/h2-9,12,20H,10-11H2,1H3. The number of carbonyl (C=O) groups excluding carboxylic acids is 1. The smallest absolute Gasteiger partial charge is 0.213 e. The number of para-hydroxylation sites is 1. The molecule has 1 N–H and O–H groups in total. The molecule has 1 heterocycles. The first-order valence-corrected chi connectivity index (χ1v) is 7.17. The number of rotatable bonds is 6. The third-order valence-corrected chi connectivity index (χ3v) is 3.48. The van der Waals surface area contributed by atoms with Gasteiger partial charge in [-0.15, -0.1) is 11.6 Å². The van der Waals surface area contributed by atoms with Gasteiger partial charge < -0.3 is 10.0 Å². The van der Waals surface area contributed by atoms with Crippen LogP contribution in [0.1, 0.15) is 16.1 Å². The Bertz CT molecular complexity index is 604. The van der Waals surface area contributed by atoms with E-state index in [1.54, 1.807) is 30.5 Å². The van der Waals surface area contributed by atoms with Crippen molar-refractivity contribution in [3.8, 4) is 0 Å². The van der Waals surface area contributed by atoms with E-state index in [0.717, 1.165) is 5.69 Å². The first-order valence-electron chi connectivity index (χ1n) is 6.63. The molecular weight excluding hydrogens is 288 g/mol. The summed E-state index contributed by atoms with van der Waals surface area (Å²) in [6, 6.07) is 12.5. The molecule has 0 spiro atoms. The molecule has 1 aromatic carbocycles. The zero-order valence-electron chi connectivity index (χ0n) is 11.7. The Labute approximate surface area is 129 Å². The van der Waals surface area contributed by atoms with Gasteiger partial charge in [0.25, 0.3) is 0 Å². The minimum absolute atomic E-state index is 0.140. The molecule has 0 aliphatic heterocycles. The van der Waals surface area contributed by atoms with Gasteiger partial charge in [0.15, 0.2) is 0 Å². The number of pyridine rings is 1. The van der Waals surface area contributed by atoms with Crippen LogP contribution in [0.5, 0.6) is 0 Å². The fourth-order valence-electron chi connectivity index (χ4n) is 2.10. The second-order valence-electron chi connectivity index (χ2n) is 4.75. The second kappa shape index (κ2) is 7.20. The van der Waals surface area contributed by atoms with E-state index in [1.807, 2.05) is 30.1 Å². The number of nitrogens with zero attached hydrogens (tertiary/aromatic N) is 2. The van der Waals surface area contributed by atoms with E-state index in [4.69, 9.17) is 11.6 Å². The fraction of sp³-hybridized carbons (Fsp3) is 0.250. The Hall–Kier alpha value is -1.91. The summed E-state index contributed by atoms with van der Waals surface area (Å²) in [5.41, 5.74) is 1.70. The van der Waals surface area contributed by atoms with Crippen molar-refractivity contribution in [1.82, 2.24) is 4.98 Å². The Kier molecular flexibility index (Phi) is 5.31. The Morgan fingerprint density at radius 2 is 2.00 bits per heavy atom. The van der Waals surface area contributed by atoms with E-state index in [2.05, 4.69) is 4.98 Å². The molecule has 0 saturated carbocycles. The number of aromatic nitrogens is 1.